The molecule has 4 heterocycles. The number of aromatic amines is 1. The summed E-state index contributed by atoms with van der Waals surface area (Å²) in [6, 6.07) is 13.1. The molecular formula is C22H23N7O2. The monoisotopic (exact) mass is 417 g/mol. The molecule has 1 aliphatic heterocycles. The van der Waals surface area contributed by atoms with Crippen molar-refractivity contribution in [2.75, 3.05) is 38.1 Å². The summed E-state index contributed by atoms with van der Waals surface area (Å²) in [5.41, 5.74) is 3.78. The number of H-pyrrole nitrogens is 1. The Labute approximate surface area is 178 Å². The molecule has 0 radical (unpaired) electrons. The largest absolute Gasteiger partial charge is 0.368 e. The second kappa shape index (κ2) is 7.84. The number of benzene rings is 1. The van der Waals surface area contributed by atoms with E-state index in [-0.39, 0.29) is 11.5 Å². The second-order valence-corrected chi connectivity index (χ2v) is 7.65. The maximum Gasteiger partial charge on any atom is 0.269 e. The van der Waals surface area contributed by atoms with Crippen molar-refractivity contribution >= 4 is 28.1 Å². The van der Waals surface area contributed by atoms with Crippen molar-refractivity contribution in [3.05, 3.63) is 70.4 Å². The molecule has 0 unspecified atom stereocenters. The van der Waals surface area contributed by atoms with Crippen LogP contribution in [0.25, 0.3) is 16.6 Å². The molecule has 0 aliphatic carbocycles. The Hall–Kier alpha value is -3.72. The van der Waals surface area contributed by atoms with Crippen LogP contribution in [0.2, 0.25) is 0 Å². The fourth-order valence-corrected chi connectivity index (χ4v) is 4.04. The Morgan fingerprint density at radius 3 is 2.68 bits per heavy atom. The van der Waals surface area contributed by atoms with Gasteiger partial charge in [-0.3, -0.25) is 14.5 Å². The zero-order chi connectivity index (χ0) is 21.4. The van der Waals surface area contributed by atoms with Gasteiger partial charge in [0, 0.05) is 45.8 Å². The summed E-state index contributed by atoms with van der Waals surface area (Å²) < 4.78 is 1.81. The van der Waals surface area contributed by atoms with Crippen molar-refractivity contribution < 1.29 is 4.79 Å². The number of anilines is 1. The summed E-state index contributed by atoms with van der Waals surface area (Å²) in [6.45, 7) is 4.24. The molecule has 0 saturated carbocycles. The first-order valence-electron chi connectivity index (χ1n) is 10.3. The van der Waals surface area contributed by atoms with Crippen LogP contribution in [0.4, 0.5) is 5.69 Å². The number of rotatable bonds is 4. The lowest BCUT2D eigenvalue weighted by Crippen LogP contribution is -2.46. The summed E-state index contributed by atoms with van der Waals surface area (Å²) >= 11 is 0. The van der Waals surface area contributed by atoms with Crippen molar-refractivity contribution in [3.8, 4) is 0 Å². The van der Waals surface area contributed by atoms with Crippen LogP contribution in [0.5, 0.6) is 0 Å². The summed E-state index contributed by atoms with van der Waals surface area (Å²) in [4.78, 5) is 35.7. The molecule has 1 fully saturated rings. The van der Waals surface area contributed by atoms with E-state index in [1.807, 2.05) is 40.9 Å². The van der Waals surface area contributed by atoms with E-state index in [1.54, 1.807) is 19.3 Å². The van der Waals surface area contributed by atoms with Crippen LogP contribution < -0.4 is 15.8 Å². The minimum absolute atomic E-state index is 0.0980. The molecule has 9 heteroatoms. The SMILES string of the molecule is CNC(=O)c1ccc(N2CCN(Cc3cc4[nH]c(=O)c5ccccc5n4n3)CC2)cn1. The van der Waals surface area contributed by atoms with Crippen LogP contribution >= 0.6 is 0 Å². The number of carbonyl (C=O) groups excluding carboxylic acids is 1. The lowest BCUT2D eigenvalue weighted by molar-refractivity contribution is 0.0958. The van der Waals surface area contributed by atoms with Crippen LogP contribution in [0, 0.1) is 0 Å². The van der Waals surface area contributed by atoms with E-state index in [4.69, 9.17) is 5.10 Å². The van der Waals surface area contributed by atoms with E-state index in [1.165, 1.54) is 0 Å². The number of piperazine rings is 1. The fourth-order valence-electron chi connectivity index (χ4n) is 4.04. The van der Waals surface area contributed by atoms with E-state index < -0.39 is 0 Å². The number of nitrogens with zero attached hydrogens (tertiary/aromatic N) is 5. The van der Waals surface area contributed by atoms with Gasteiger partial charge in [-0.2, -0.15) is 5.10 Å². The van der Waals surface area contributed by atoms with Gasteiger partial charge in [-0.1, -0.05) is 12.1 Å². The van der Waals surface area contributed by atoms with Crippen LogP contribution in [0.15, 0.2) is 53.5 Å². The predicted octanol–water partition coefficient (Wildman–Crippen LogP) is 1.25. The van der Waals surface area contributed by atoms with Gasteiger partial charge in [0.05, 0.1) is 28.5 Å². The van der Waals surface area contributed by atoms with Gasteiger partial charge in [0.15, 0.2) is 0 Å². The van der Waals surface area contributed by atoms with Crippen molar-refractivity contribution in [2.24, 2.45) is 0 Å². The molecule has 0 atom stereocenters. The standard InChI is InChI=1S/C22H23N7O2/c1-23-22(31)18-7-6-16(13-24-18)28-10-8-27(9-11-28)14-15-12-20-25-21(30)17-4-2-3-5-19(17)29(20)26-15/h2-7,12-13H,8-11,14H2,1H3,(H,23,31)(H,25,30). The lowest BCUT2D eigenvalue weighted by atomic mass is 10.2. The fraction of sp³-hybridized carbons (Fsp3) is 0.273. The van der Waals surface area contributed by atoms with E-state index in [2.05, 4.69) is 25.1 Å². The van der Waals surface area contributed by atoms with Gasteiger partial charge in [0.25, 0.3) is 11.5 Å². The molecule has 0 spiro atoms. The van der Waals surface area contributed by atoms with Gasteiger partial charge in [0.2, 0.25) is 0 Å². The number of aromatic nitrogens is 4. The van der Waals surface area contributed by atoms with Gasteiger partial charge >= 0.3 is 0 Å². The molecule has 1 amide bonds. The summed E-state index contributed by atoms with van der Waals surface area (Å²) in [6.07, 6.45) is 1.75. The first-order valence-corrected chi connectivity index (χ1v) is 10.3. The average Bonchev–Trinajstić information content (AvgIpc) is 3.21. The van der Waals surface area contributed by atoms with Gasteiger partial charge in [-0.05, 0) is 24.3 Å². The molecule has 158 valence electrons. The maximum atomic E-state index is 12.3. The Kier molecular flexibility index (Phi) is 4.87. The Bertz CT molecular complexity index is 1300. The normalized spacial score (nSPS) is 14.9. The third kappa shape index (κ3) is 3.64. The Morgan fingerprint density at radius 2 is 1.94 bits per heavy atom. The first-order chi connectivity index (χ1) is 15.1. The second-order valence-electron chi connectivity index (χ2n) is 7.65. The highest BCUT2D eigenvalue weighted by Crippen LogP contribution is 2.18. The number of hydrogen-bond donors (Lipinski definition) is 2. The van der Waals surface area contributed by atoms with Gasteiger partial charge in [0.1, 0.15) is 11.3 Å². The Balaban J connectivity index is 1.27. The highest BCUT2D eigenvalue weighted by atomic mass is 16.1. The molecule has 0 bridgehead atoms. The third-order valence-corrected chi connectivity index (χ3v) is 5.71. The van der Waals surface area contributed by atoms with Crippen molar-refractivity contribution in [1.29, 1.82) is 0 Å². The van der Waals surface area contributed by atoms with E-state index >= 15 is 0 Å². The lowest BCUT2D eigenvalue weighted by Gasteiger charge is -2.35. The maximum absolute atomic E-state index is 12.3. The molecule has 1 saturated heterocycles. The molecule has 1 aromatic carbocycles. The average molecular weight is 417 g/mol. The summed E-state index contributed by atoms with van der Waals surface area (Å²) in [7, 11) is 1.60. The van der Waals surface area contributed by atoms with Crippen LogP contribution in [0.3, 0.4) is 0 Å². The van der Waals surface area contributed by atoms with Gasteiger partial charge in [-0.25, -0.2) is 9.50 Å². The molecule has 3 aromatic heterocycles. The number of nitrogens with one attached hydrogen (secondary N) is 2. The molecule has 4 aromatic rings. The zero-order valence-corrected chi connectivity index (χ0v) is 17.2. The van der Waals surface area contributed by atoms with E-state index in [9.17, 15) is 9.59 Å². The quantitative estimate of drug-likeness (QED) is 0.519. The molecule has 2 N–H and O–H groups in total. The van der Waals surface area contributed by atoms with Gasteiger partial charge < -0.3 is 15.2 Å². The molecule has 31 heavy (non-hydrogen) atoms. The summed E-state index contributed by atoms with van der Waals surface area (Å²) in [5.74, 6) is -0.182. The molecular weight excluding hydrogens is 394 g/mol. The number of fused-ring (bicyclic) bond motifs is 3. The van der Waals surface area contributed by atoms with Crippen LogP contribution in [0.1, 0.15) is 16.2 Å². The highest BCUT2D eigenvalue weighted by Gasteiger charge is 2.19. The topological polar surface area (TPSA) is 98.6 Å². The third-order valence-electron chi connectivity index (χ3n) is 5.71. The minimum atomic E-state index is -0.182. The number of hydrogen-bond acceptors (Lipinski definition) is 6. The van der Waals surface area contributed by atoms with E-state index in [0.717, 1.165) is 49.6 Å². The zero-order valence-electron chi connectivity index (χ0n) is 17.2. The first kappa shape index (κ1) is 19.3. The van der Waals surface area contributed by atoms with Gasteiger partial charge in [-0.15, -0.1) is 0 Å². The minimum Gasteiger partial charge on any atom is -0.368 e. The van der Waals surface area contributed by atoms with Crippen LogP contribution in [-0.2, 0) is 6.54 Å². The highest BCUT2D eigenvalue weighted by molar-refractivity contribution is 5.92. The smallest absolute Gasteiger partial charge is 0.269 e. The van der Waals surface area contributed by atoms with E-state index in [0.29, 0.717) is 16.7 Å². The summed E-state index contributed by atoms with van der Waals surface area (Å²) in [5, 5.41) is 7.95. The van der Waals surface area contributed by atoms with Crippen LogP contribution in [-0.4, -0.2) is 63.6 Å². The Morgan fingerprint density at radius 1 is 1.13 bits per heavy atom. The van der Waals surface area contributed by atoms with Crippen molar-refractivity contribution in [1.82, 2.24) is 29.8 Å². The molecule has 9 nitrogen and oxygen atoms in total. The number of para-hydroxylation sites is 1. The number of pyridine rings is 1. The number of carbonyl (C=O) groups is 1. The number of amides is 1. The molecule has 1 aliphatic rings. The predicted molar refractivity (Wildman–Crippen MR) is 118 cm³/mol. The molecule has 5 rings (SSSR count). The van der Waals surface area contributed by atoms with Crippen molar-refractivity contribution in [2.45, 2.75) is 6.54 Å². The van der Waals surface area contributed by atoms with Crippen molar-refractivity contribution in [3.63, 3.8) is 0 Å².